The summed E-state index contributed by atoms with van der Waals surface area (Å²) in [6.07, 6.45) is 0.530. The number of nitrogens with two attached hydrogens (primary N) is 1. The van der Waals surface area contributed by atoms with Gasteiger partial charge >= 0.3 is 0 Å². The van der Waals surface area contributed by atoms with Gasteiger partial charge in [-0.25, -0.2) is 0 Å². The maximum absolute atomic E-state index is 12.1. The Bertz CT molecular complexity index is 599. The number of hydrogen-bond donors (Lipinski definition) is 2. The van der Waals surface area contributed by atoms with Crippen LogP contribution in [0.3, 0.4) is 0 Å². The molecule has 0 heterocycles. The number of benzene rings is 2. The van der Waals surface area contributed by atoms with Gasteiger partial charge in [0.25, 0.3) is 0 Å². The Morgan fingerprint density at radius 1 is 1.25 bits per heavy atom. The van der Waals surface area contributed by atoms with Crippen molar-refractivity contribution in [1.82, 2.24) is 0 Å². The number of halogens is 1. The van der Waals surface area contributed by atoms with Gasteiger partial charge in [-0.05, 0) is 42.7 Å². The van der Waals surface area contributed by atoms with E-state index in [1.54, 1.807) is 0 Å². The highest BCUT2D eigenvalue weighted by molar-refractivity contribution is 9.10. The lowest BCUT2D eigenvalue weighted by Crippen LogP contribution is -2.37. The van der Waals surface area contributed by atoms with Crippen molar-refractivity contribution in [3.8, 4) is 0 Å². The van der Waals surface area contributed by atoms with E-state index in [1.165, 1.54) is 0 Å². The van der Waals surface area contributed by atoms with Gasteiger partial charge in [0, 0.05) is 10.2 Å². The Morgan fingerprint density at radius 3 is 2.60 bits per heavy atom. The van der Waals surface area contributed by atoms with Crippen molar-refractivity contribution in [2.45, 2.75) is 19.4 Å². The normalized spacial score (nSPS) is 11.9. The molecule has 0 bridgehead atoms. The zero-order chi connectivity index (χ0) is 14.5. The fourth-order valence-corrected chi connectivity index (χ4v) is 2.16. The summed E-state index contributed by atoms with van der Waals surface area (Å²) in [5.41, 5.74) is 8.83. The highest BCUT2D eigenvalue weighted by Crippen LogP contribution is 2.20. The van der Waals surface area contributed by atoms with Crippen molar-refractivity contribution in [2.24, 2.45) is 5.73 Å². The third-order valence-electron chi connectivity index (χ3n) is 3.06. The summed E-state index contributed by atoms with van der Waals surface area (Å²) in [5.74, 6) is -0.171. The molecule has 0 saturated heterocycles. The molecule has 0 radical (unpaired) electrons. The largest absolute Gasteiger partial charge is 0.325 e. The first-order valence-corrected chi connectivity index (χ1v) is 7.22. The highest BCUT2D eigenvalue weighted by Gasteiger charge is 2.14. The first-order valence-electron chi connectivity index (χ1n) is 6.43. The van der Waals surface area contributed by atoms with Crippen LogP contribution in [0.5, 0.6) is 0 Å². The molecule has 1 amide bonds. The summed E-state index contributed by atoms with van der Waals surface area (Å²) >= 11 is 3.43. The molecule has 0 spiro atoms. The lowest BCUT2D eigenvalue weighted by atomic mass is 10.1. The fourth-order valence-electron chi connectivity index (χ4n) is 1.92. The van der Waals surface area contributed by atoms with Crippen molar-refractivity contribution >= 4 is 27.5 Å². The number of rotatable bonds is 4. The quantitative estimate of drug-likeness (QED) is 0.902. The molecule has 3 N–H and O–H groups in total. The maximum Gasteiger partial charge on any atom is 0.241 e. The van der Waals surface area contributed by atoms with E-state index in [4.69, 9.17) is 5.73 Å². The van der Waals surface area contributed by atoms with Gasteiger partial charge in [0.1, 0.15) is 0 Å². The second kappa shape index (κ2) is 6.68. The van der Waals surface area contributed by atoms with Gasteiger partial charge in [-0.3, -0.25) is 4.79 Å². The van der Waals surface area contributed by atoms with E-state index < -0.39 is 6.04 Å². The van der Waals surface area contributed by atoms with Crippen molar-refractivity contribution in [3.63, 3.8) is 0 Å². The summed E-state index contributed by atoms with van der Waals surface area (Å²) in [5, 5.41) is 2.85. The van der Waals surface area contributed by atoms with Crippen LogP contribution in [-0.4, -0.2) is 11.9 Å². The first kappa shape index (κ1) is 14.8. The van der Waals surface area contributed by atoms with E-state index in [9.17, 15) is 4.79 Å². The molecule has 3 nitrogen and oxygen atoms in total. The van der Waals surface area contributed by atoms with E-state index in [1.807, 2.05) is 55.5 Å². The number of nitrogens with one attached hydrogen (secondary N) is 1. The Balaban J connectivity index is 1.99. The molecule has 0 aliphatic heterocycles. The second-order valence-electron chi connectivity index (χ2n) is 4.75. The summed E-state index contributed by atoms with van der Waals surface area (Å²) in [7, 11) is 0. The number of carbonyl (C=O) groups is 1. The van der Waals surface area contributed by atoms with Crippen LogP contribution in [0.15, 0.2) is 53.0 Å². The molecule has 0 unspecified atom stereocenters. The zero-order valence-electron chi connectivity index (χ0n) is 11.3. The van der Waals surface area contributed by atoms with Crippen molar-refractivity contribution in [3.05, 3.63) is 64.1 Å². The predicted molar refractivity (Wildman–Crippen MR) is 85.6 cm³/mol. The highest BCUT2D eigenvalue weighted by atomic mass is 79.9. The summed E-state index contributed by atoms with van der Waals surface area (Å²) < 4.78 is 1.02. The molecular formula is C16H17BrN2O. The third-order valence-corrected chi connectivity index (χ3v) is 3.95. The number of anilines is 1. The monoisotopic (exact) mass is 332 g/mol. The average molecular weight is 333 g/mol. The smallest absolute Gasteiger partial charge is 0.241 e. The molecule has 0 fully saturated rings. The molecule has 0 saturated carbocycles. The van der Waals surface area contributed by atoms with Crippen LogP contribution in [0.2, 0.25) is 0 Å². The third kappa shape index (κ3) is 3.92. The van der Waals surface area contributed by atoms with Gasteiger partial charge < -0.3 is 11.1 Å². The van der Waals surface area contributed by atoms with Crippen LogP contribution in [0.4, 0.5) is 5.69 Å². The van der Waals surface area contributed by atoms with E-state index in [0.29, 0.717) is 6.42 Å². The van der Waals surface area contributed by atoms with Gasteiger partial charge in [-0.15, -0.1) is 0 Å². The molecular weight excluding hydrogens is 316 g/mol. The van der Waals surface area contributed by atoms with Crippen LogP contribution >= 0.6 is 15.9 Å². The molecule has 2 aromatic rings. The Morgan fingerprint density at radius 2 is 1.95 bits per heavy atom. The summed E-state index contributed by atoms with van der Waals surface area (Å²) in [6.45, 7) is 1.98. The van der Waals surface area contributed by atoms with E-state index >= 15 is 0 Å². The SMILES string of the molecule is Cc1cc(NC(=O)[C@H](N)Cc2ccccc2)ccc1Br. The van der Waals surface area contributed by atoms with Crippen LogP contribution in [0.25, 0.3) is 0 Å². The minimum Gasteiger partial charge on any atom is -0.325 e. The fraction of sp³-hybridized carbons (Fsp3) is 0.188. The minimum absolute atomic E-state index is 0.171. The lowest BCUT2D eigenvalue weighted by molar-refractivity contribution is -0.117. The standard InChI is InChI=1S/C16H17BrN2O/c1-11-9-13(7-8-14(11)17)19-16(20)15(18)10-12-5-3-2-4-6-12/h2-9,15H,10,18H2,1H3,(H,19,20)/t15-/m1/s1. The van der Waals surface area contributed by atoms with Crippen LogP contribution < -0.4 is 11.1 Å². The molecule has 0 aliphatic carbocycles. The van der Waals surface area contributed by atoms with Crippen LogP contribution in [0, 0.1) is 6.92 Å². The number of carbonyl (C=O) groups excluding carboxylic acids is 1. The molecule has 1 atom stereocenters. The summed E-state index contributed by atoms with van der Waals surface area (Å²) in [6, 6.07) is 14.9. The molecule has 0 aliphatic rings. The Kier molecular flexibility index (Phi) is 4.93. The van der Waals surface area contributed by atoms with Gasteiger partial charge in [-0.2, -0.15) is 0 Å². The van der Waals surface area contributed by atoms with Crippen molar-refractivity contribution in [2.75, 3.05) is 5.32 Å². The van der Waals surface area contributed by atoms with Gasteiger partial charge in [0.05, 0.1) is 6.04 Å². The molecule has 0 aromatic heterocycles. The number of aryl methyl sites for hydroxylation is 1. The number of amides is 1. The number of hydrogen-bond acceptors (Lipinski definition) is 2. The van der Waals surface area contributed by atoms with Crippen molar-refractivity contribution < 1.29 is 4.79 Å². The molecule has 2 aromatic carbocycles. The lowest BCUT2D eigenvalue weighted by Gasteiger charge is -2.13. The molecule has 2 rings (SSSR count). The minimum atomic E-state index is -0.554. The van der Waals surface area contributed by atoms with Crippen molar-refractivity contribution in [1.29, 1.82) is 0 Å². The second-order valence-corrected chi connectivity index (χ2v) is 5.60. The van der Waals surface area contributed by atoms with Gasteiger partial charge in [-0.1, -0.05) is 46.3 Å². The molecule has 20 heavy (non-hydrogen) atoms. The Hall–Kier alpha value is -1.65. The summed E-state index contributed by atoms with van der Waals surface area (Å²) in [4.78, 5) is 12.1. The topological polar surface area (TPSA) is 55.1 Å². The van der Waals surface area contributed by atoms with Gasteiger partial charge in [0.15, 0.2) is 0 Å². The maximum atomic E-state index is 12.1. The van der Waals surface area contributed by atoms with E-state index in [2.05, 4.69) is 21.2 Å². The predicted octanol–water partition coefficient (Wildman–Crippen LogP) is 3.27. The zero-order valence-corrected chi connectivity index (χ0v) is 12.9. The van der Waals surface area contributed by atoms with Crippen LogP contribution in [-0.2, 0) is 11.2 Å². The van der Waals surface area contributed by atoms with Gasteiger partial charge in [0.2, 0.25) is 5.91 Å². The van der Waals surface area contributed by atoms with E-state index in [0.717, 1.165) is 21.3 Å². The average Bonchev–Trinajstić information content (AvgIpc) is 2.44. The van der Waals surface area contributed by atoms with E-state index in [-0.39, 0.29) is 5.91 Å². The Labute approximate surface area is 127 Å². The first-order chi connectivity index (χ1) is 9.56. The van der Waals surface area contributed by atoms with Crippen LogP contribution in [0.1, 0.15) is 11.1 Å². The molecule has 104 valence electrons. The molecule has 4 heteroatoms.